The molecule has 0 radical (unpaired) electrons. The van der Waals surface area contributed by atoms with Crippen LogP contribution in [0.25, 0.3) is 0 Å². The zero-order valence-corrected chi connectivity index (χ0v) is 16.9. The van der Waals surface area contributed by atoms with Gasteiger partial charge in [0.25, 0.3) is 5.91 Å². The molecule has 0 saturated heterocycles. The summed E-state index contributed by atoms with van der Waals surface area (Å²) in [4.78, 5) is 12.2. The van der Waals surface area contributed by atoms with E-state index >= 15 is 0 Å². The average Bonchev–Trinajstić information content (AvgIpc) is 2.57. The largest absolute Gasteiger partial charge is 0.480 e. The number of hydrogen-bond acceptors (Lipinski definition) is 3. The van der Waals surface area contributed by atoms with E-state index in [9.17, 15) is 4.79 Å². The Balaban J connectivity index is 1.87. The number of thiocarbonyl (C=S) groups is 1. The van der Waals surface area contributed by atoms with Crippen molar-refractivity contribution in [2.24, 2.45) is 0 Å². The topological polar surface area (TPSA) is 62.4 Å². The standard InChI is InChI=1S/C18H19Cl2N3O2S/c1-10-8-14(20)9-11(2)16(10)25-12(3)17(24)22-23-18(26)21-15-6-4-13(19)5-7-15/h4-9,12H,1-3H3,(H,22,24)(H2,21,23,26)/t12-/m0/s1. The quantitative estimate of drug-likeness (QED) is 0.514. The van der Waals surface area contributed by atoms with Crippen LogP contribution in [0.3, 0.4) is 0 Å². The third kappa shape index (κ3) is 5.76. The van der Waals surface area contributed by atoms with Crippen LogP contribution < -0.4 is 20.9 Å². The molecular formula is C18H19Cl2N3O2S. The first-order valence-corrected chi connectivity index (χ1v) is 8.98. The second kappa shape index (κ2) is 9.07. The number of anilines is 1. The van der Waals surface area contributed by atoms with Crippen LogP contribution in [0.2, 0.25) is 10.0 Å². The van der Waals surface area contributed by atoms with Crippen molar-refractivity contribution < 1.29 is 9.53 Å². The minimum Gasteiger partial charge on any atom is -0.480 e. The van der Waals surface area contributed by atoms with Crippen molar-refractivity contribution in [1.29, 1.82) is 0 Å². The van der Waals surface area contributed by atoms with Crippen LogP contribution in [-0.4, -0.2) is 17.1 Å². The van der Waals surface area contributed by atoms with Crippen molar-refractivity contribution in [3.05, 3.63) is 57.6 Å². The smallest absolute Gasteiger partial charge is 0.279 e. The van der Waals surface area contributed by atoms with Crippen molar-refractivity contribution in [3.8, 4) is 5.75 Å². The minimum atomic E-state index is -0.723. The molecular weight excluding hydrogens is 393 g/mol. The van der Waals surface area contributed by atoms with Crippen molar-refractivity contribution in [2.75, 3.05) is 5.32 Å². The summed E-state index contributed by atoms with van der Waals surface area (Å²) in [5.74, 6) is 0.276. The van der Waals surface area contributed by atoms with Gasteiger partial charge in [-0.2, -0.15) is 0 Å². The van der Waals surface area contributed by atoms with Gasteiger partial charge in [0.15, 0.2) is 11.2 Å². The summed E-state index contributed by atoms with van der Waals surface area (Å²) in [6.07, 6.45) is -0.723. The van der Waals surface area contributed by atoms with E-state index in [4.69, 9.17) is 40.2 Å². The van der Waals surface area contributed by atoms with Crippen molar-refractivity contribution in [3.63, 3.8) is 0 Å². The normalized spacial score (nSPS) is 11.4. The first-order chi connectivity index (χ1) is 12.3. The molecule has 138 valence electrons. The highest BCUT2D eigenvalue weighted by atomic mass is 35.5. The lowest BCUT2D eigenvalue weighted by Gasteiger charge is -2.19. The Morgan fingerprint density at radius 1 is 1.04 bits per heavy atom. The predicted octanol–water partition coefficient (Wildman–Crippen LogP) is 4.40. The molecule has 26 heavy (non-hydrogen) atoms. The number of aryl methyl sites for hydroxylation is 2. The molecule has 0 unspecified atom stereocenters. The highest BCUT2D eigenvalue weighted by molar-refractivity contribution is 7.80. The summed E-state index contributed by atoms with van der Waals surface area (Å²) in [6, 6.07) is 10.6. The Hall–Kier alpha value is -2.02. The van der Waals surface area contributed by atoms with E-state index in [1.54, 1.807) is 43.3 Å². The summed E-state index contributed by atoms with van der Waals surface area (Å²) < 4.78 is 5.77. The summed E-state index contributed by atoms with van der Waals surface area (Å²) in [6.45, 7) is 5.41. The molecule has 3 N–H and O–H groups in total. The van der Waals surface area contributed by atoms with E-state index < -0.39 is 6.10 Å². The lowest BCUT2D eigenvalue weighted by Crippen LogP contribution is -2.48. The van der Waals surface area contributed by atoms with Crippen LogP contribution in [0.15, 0.2) is 36.4 Å². The van der Waals surface area contributed by atoms with Crippen LogP contribution in [0.1, 0.15) is 18.1 Å². The van der Waals surface area contributed by atoms with Gasteiger partial charge in [0.2, 0.25) is 0 Å². The number of benzene rings is 2. The molecule has 1 amide bonds. The maximum absolute atomic E-state index is 12.2. The maximum atomic E-state index is 12.2. The minimum absolute atomic E-state index is 0.242. The molecule has 0 saturated carbocycles. The first kappa shape index (κ1) is 20.3. The molecule has 2 aromatic carbocycles. The van der Waals surface area contributed by atoms with Crippen LogP contribution in [0, 0.1) is 13.8 Å². The third-order valence-corrected chi connectivity index (χ3v) is 4.16. The molecule has 0 aliphatic heterocycles. The zero-order chi connectivity index (χ0) is 19.3. The van der Waals surface area contributed by atoms with Gasteiger partial charge < -0.3 is 10.1 Å². The number of hydrazine groups is 1. The van der Waals surface area contributed by atoms with E-state index in [0.717, 1.165) is 16.8 Å². The molecule has 0 aromatic heterocycles. The SMILES string of the molecule is Cc1cc(Cl)cc(C)c1O[C@@H](C)C(=O)NNC(=S)Nc1ccc(Cl)cc1. The number of rotatable bonds is 4. The second-order valence-corrected chi connectivity index (χ2v) is 6.99. The number of amides is 1. The highest BCUT2D eigenvalue weighted by Gasteiger charge is 2.17. The van der Waals surface area contributed by atoms with Gasteiger partial charge in [-0.05, 0) is 80.5 Å². The maximum Gasteiger partial charge on any atom is 0.279 e. The number of nitrogens with one attached hydrogen (secondary N) is 3. The van der Waals surface area contributed by atoms with E-state index in [-0.39, 0.29) is 11.0 Å². The van der Waals surface area contributed by atoms with Gasteiger partial charge in [-0.25, -0.2) is 0 Å². The molecule has 0 aliphatic rings. The number of ether oxygens (including phenoxy) is 1. The molecule has 0 fully saturated rings. The summed E-state index contributed by atoms with van der Waals surface area (Å²) in [7, 11) is 0. The molecule has 2 rings (SSSR count). The number of hydrogen-bond donors (Lipinski definition) is 3. The van der Waals surface area contributed by atoms with Crippen LogP contribution in [-0.2, 0) is 4.79 Å². The van der Waals surface area contributed by atoms with Gasteiger partial charge in [-0.1, -0.05) is 23.2 Å². The lowest BCUT2D eigenvalue weighted by atomic mass is 10.1. The van der Waals surface area contributed by atoms with Gasteiger partial charge >= 0.3 is 0 Å². The molecule has 2 aromatic rings. The fraction of sp³-hybridized carbons (Fsp3) is 0.222. The van der Waals surface area contributed by atoms with E-state index in [0.29, 0.717) is 15.8 Å². The summed E-state index contributed by atoms with van der Waals surface area (Å²) >= 11 is 17.0. The number of carbonyl (C=O) groups is 1. The van der Waals surface area contributed by atoms with E-state index in [2.05, 4.69) is 16.2 Å². The summed E-state index contributed by atoms with van der Waals surface area (Å²) in [5.41, 5.74) is 7.63. The molecule has 1 atom stereocenters. The molecule has 0 spiro atoms. The first-order valence-electron chi connectivity index (χ1n) is 7.82. The molecule has 0 bridgehead atoms. The van der Waals surface area contributed by atoms with Crippen molar-refractivity contribution >= 4 is 52.1 Å². The van der Waals surface area contributed by atoms with Gasteiger partial charge in [-0.3, -0.25) is 15.6 Å². The molecule has 0 aliphatic carbocycles. The third-order valence-electron chi connectivity index (χ3n) is 3.49. The molecule has 8 heteroatoms. The van der Waals surface area contributed by atoms with Crippen molar-refractivity contribution in [1.82, 2.24) is 10.9 Å². The highest BCUT2D eigenvalue weighted by Crippen LogP contribution is 2.27. The van der Waals surface area contributed by atoms with Gasteiger partial charge in [0.05, 0.1) is 0 Å². The lowest BCUT2D eigenvalue weighted by molar-refractivity contribution is -0.127. The predicted molar refractivity (Wildman–Crippen MR) is 110 cm³/mol. The fourth-order valence-electron chi connectivity index (χ4n) is 2.23. The van der Waals surface area contributed by atoms with E-state index in [1.165, 1.54) is 0 Å². The zero-order valence-electron chi connectivity index (χ0n) is 14.5. The van der Waals surface area contributed by atoms with Gasteiger partial charge in [0.1, 0.15) is 5.75 Å². The Bertz CT molecular complexity index is 790. The molecule has 0 heterocycles. The Kier molecular flexibility index (Phi) is 7.08. The fourth-order valence-corrected chi connectivity index (χ4v) is 2.85. The Morgan fingerprint density at radius 2 is 1.62 bits per heavy atom. The number of carbonyl (C=O) groups excluding carboxylic acids is 1. The van der Waals surface area contributed by atoms with Crippen LogP contribution in [0.5, 0.6) is 5.75 Å². The second-order valence-electron chi connectivity index (χ2n) is 5.70. The average molecular weight is 412 g/mol. The van der Waals surface area contributed by atoms with Crippen LogP contribution in [0.4, 0.5) is 5.69 Å². The van der Waals surface area contributed by atoms with Gasteiger partial charge in [-0.15, -0.1) is 0 Å². The Morgan fingerprint density at radius 3 is 2.19 bits per heavy atom. The summed E-state index contributed by atoms with van der Waals surface area (Å²) in [5, 5.41) is 4.43. The van der Waals surface area contributed by atoms with Gasteiger partial charge in [0, 0.05) is 15.7 Å². The monoisotopic (exact) mass is 411 g/mol. The number of halogens is 2. The van der Waals surface area contributed by atoms with Crippen LogP contribution >= 0.6 is 35.4 Å². The molecule has 5 nitrogen and oxygen atoms in total. The van der Waals surface area contributed by atoms with Crippen molar-refractivity contribution in [2.45, 2.75) is 26.9 Å². The van der Waals surface area contributed by atoms with E-state index in [1.807, 2.05) is 13.8 Å². The Labute approximate surface area is 168 Å².